The third kappa shape index (κ3) is 3.38. The minimum atomic E-state index is 0.181. The summed E-state index contributed by atoms with van der Waals surface area (Å²) in [5.74, 6) is 0.247. The zero-order valence-electron chi connectivity index (χ0n) is 9.93. The van der Waals surface area contributed by atoms with Gasteiger partial charge in [0.15, 0.2) is 4.96 Å². The van der Waals surface area contributed by atoms with Gasteiger partial charge in [0.25, 0.3) is 0 Å². The molecule has 0 fully saturated rings. The molecule has 0 radical (unpaired) electrons. The summed E-state index contributed by atoms with van der Waals surface area (Å²) in [7, 11) is 0. The van der Waals surface area contributed by atoms with Crippen LogP contribution in [0.25, 0.3) is 4.96 Å². The average Bonchev–Trinajstić information content (AvgIpc) is 2.76. The minimum Gasteiger partial charge on any atom is -0.328 e. The van der Waals surface area contributed by atoms with Crippen LogP contribution in [0.3, 0.4) is 0 Å². The molecule has 0 aliphatic rings. The molecule has 4 nitrogen and oxygen atoms in total. The molecule has 2 aromatic heterocycles. The van der Waals surface area contributed by atoms with Crippen molar-refractivity contribution in [1.29, 1.82) is 0 Å². The first-order chi connectivity index (χ1) is 8.15. The molecule has 2 N–H and O–H groups in total. The Morgan fingerprint density at radius 1 is 1.65 bits per heavy atom. The molecule has 0 saturated carbocycles. The van der Waals surface area contributed by atoms with Gasteiger partial charge in [0.2, 0.25) is 0 Å². The van der Waals surface area contributed by atoms with Gasteiger partial charge in [-0.05, 0) is 19.8 Å². The standard InChI is InChI=1S/C12H17N3OS/c1-9(13)3-2-4-11(16)7-10-8-15-5-6-17-12(15)14-10/h5-6,8-9H,2-4,7,13H2,1H3. The van der Waals surface area contributed by atoms with E-state index in [-0.39, 0.29) is 11.8 Å². The summed E-state index contributed by atoms with van der Waals surface area (Å²) >= 11 is 1.58. The van der Waals surface area contributed by atoms with Crippen LogP contribution in [0, 0.1) is 0 Å². The Labute approximate surface area is 104 Å². The van der Waals surface area contributed by atoms with Crippen molar-refractivity contribution in [2.45, 2.75) is 38.6 Å². The lowest BCUT2D eigenvalue weighted by Gasteiger charge is -2.02. The highest BCUT2D eigenvalue weighted by Crippen LogP contribution is 2.12. The van der Waals surface area contributed by atoms with Gasteiger partial charge < -0.3 is 5.73 Å². The second-order valence-electron chi connectivity index (χ2n) is 4.41. The quantitative estimate of drug-likeness (QED) is 0.854. The summed E-state index contributed by atoms with van der Waals surface area (Å²) in [5.41, 5.74) is 6.51. The molecule has 2 heterocycles. The predicted molar refractivity (Wildman–Crippen MR) is 69.3 cm³/mol. The van der Waals surface area contributed by atoms with Crippen LogP contribution in [0.4, 0.5) is 0 Å². The van der Waals surface area contributed by atoms with E-state index in [1.54, 1.807) is 11.3 Å². The van der Waals surface area contributed by atoms with Crippen LogP contribution < -0.4 is 5.73 Å². The van der Waals surface area contributed by atoms with Crippen LogP contribution in [-0.4, -0.2) is 21.2 Å². The third-order valence-electron chi connectivity index (χ3n) is 2.64. The Morgan fingerprint density at radius 2 is 2.47 bits per heavy atom. The Morgan fingerprint density at radius 3 is 3.18 bits per heavy atom. The van der Waals surface area contributed by atoms with Crippen molar-refractivity contribution in [3.05, 3.63) is 23.5 Å². The van der Waals surface area contributed by atoms with Crippen LogP contribution in [0.5, 0.6) is 0 Å². The van der Waals surface area contributed by atoms with Gasteiger partial charge >= 0.3 is 0 Å². The second-order valence-corrected chi connectivity index (χ2v) is 5.28. The topological polar surface area (TPSA) is 60.4 Å². The maximum atomic E-state index is 11.7. The molecule has 0 spiro atoms. The van der Waals surface area contributed by atoms with E-state index in [1.807, 2.05) is 29.1 Å². The molecule has 0 aliphatic carbocycles. The van der Waals surface area contributed by atoms with E-state index in [0.717, 1.165) is 23.5 Å². The maximum absolute atomic E-state index is 11.7. The highest BCUT2D eigenvalue weighted by atomic mass is 32.1. The van der Waals surface area contributed by atoms with E-state index in [2.05, 4.69) is 4.98 Å². The van der Waals surface area contributed by atoms with E-state index >= 15 is 0 Å². The number of hydrogen-bond acceptors (Lipinski definition) is 4. The van der Waals surface area contributed by atoms with Crippen LogP contribution in [0.15, 0.2) is 17.8 Å². The highest BCUT2D eigenvalue weighted by Gasteiger charge is 2.08. The summed E-state index contributed by atoms with van der Waals surface area (Å²) < 4.78 is 1.95. The van der Waals surface area contributed by atoms with Crippen LogP contribution in [0.1, 0.15) is 31.9 Å². The second kappa shape index (κ2) is 5.42. The van der Waals surface area contributed by atoms with Crippen molar-refractivity contribution in [1.82, 2.24) is 9.38 Å². The van der Waals surface area contributed by atoms with Crippen molar-refractivity contribution in [2.24, 2.45) is 5.73 Å². The SMILES string of the molecule is CC(N)CCCC(=O)Cc1cn2ccsc2n1. The van der Waals surface area contributed by atoms with E-state index < -0.39 is 0 Å². The number of carbonyl (C=O) groups is 1. The number of nitrogens with two attached hydrogens (primary N) is 1. The molecular formula is C12H17N3OS. The molecule has 2 aromatic rings. The van der Waals surface area contributed by atoms with Gasteiger partial charge in [-0.15, -0.1) is 11.3 Å². The van der Waals surface area contributed by atoms with Gasteiger partial charge in [-0.2, -0.15) is 0 Å². The molecule has 0 amide bonds. The molecule has 0 aromatic carbocycles. The Kier molecular flexibility index (Phi) is 3.91. The molecule has 5 heteroatoms. The number of fused-ring (bicyclic) bond motifs is 1. The fourth-order valence-corrected chi connectivity index (χ4v) is 2.49. The van der Waals surface area contributed by atoms with Gasteiger partial charge in [0.1, 0.15) is 5.78 Å². The number of ketones is 1. The minimum absolute atomic E-state index is 0.181. The van der Waals surface area contributed by atoms with Gasteiger partial charge in [-0.3, -0.25) is 9.20 Å². The molecule has 2 rings (SSSR count). The lowest BCUT2D eigenvalue weighted by Crippen LogP contribution is -2.15. The van der Waals surface area contributed by atoms with Gasteiger partial charge in [-0.25, -0.2) is 4.98 Å². The highest BCUT2D eigenvalue weighted by molar-refractivity contribution is 7.15. The largest absolute Gasteiger partial charge is 0.328 e. The van der Waals surface area contributed by atoms with Gasteiger partial charge in [0, 0.05) is 30.2 Å². The third-order valence-corrected chi connectivity index (χ3v) is 3.41. The molecule has 92 valence electrons. The first-order valence-corrected chi connectivity index (χ1v) is 6.71. The lowest BCUT2D eigenvalue weighted by molar-refractivity contribution is -0.118. The average molecular weight is 251 g/mol. The molecule has 0 aliphatic heterocycles. The smallest absolute Gasteiger partial charge is 0.193 e. The Balaban J connectivity index is 1.84. The molecule has 1 unspecified atom stereocenters. The number of hydrogen-bond donors (Lipinski definition) is 1. The number of rotatable bonds is 6. The lowest BCUT2D eigenvalue weighted by atomic mass is 10.1. The number of nitrogens with zero attached hydrogens (tertiary/aromatic N) is 2. The first-order valence-electron chi connectivity index (χ1n) is 5.83. The maximum Gasteiger partial charge on any atom is 0.193 e. The summed E-state index contributed by atoms with van der Waals surface area (Å²) in [6.45, 7) is 1.97. The van der Waals surface area contributed by atoms with E-state index in [4.69, 9.17) is 5.73 Å². The normalized spacial score (nSPS) is 13.1. The molecule has 1 atom stereocenters. The van der Waals surface area contributed by atoms with E-state index in [0.29, 0.717) is 12.8 Å². The molecular weight excluding hydrogens is 234 g/mol. The first kappa shape index (κ1) is 12.3. The van der Waals surface area contributed by atoms with Gasteiger partial charge in [-0.1, -0.05) is 0 Å². The zero-order chi connectivity index (χ0) is 12.3. The van der Waals surface area contributed by atoms with Crippen molar-refractivity contribution in [3.8, 4) is 0 Å². The number of carbonyl (C=O) groups excluding carboxylic acids is 1. The van der Waals surface area contributed by atoms with E-state index in [9.17, 15) is 4.79 Å². The Bertz CT molecular complexity index is 472. The van der Waals surface area contributed by atoms with Crippen molar-refractivity contribution in [3.63, 3.8) is 0 Å². The Hall–Kier alpha value is -1.20. The van der Waals surface area contributed by atoms with Crippen molar-refractivity contribution < 1.29 is 4.79 Å². The van der Waals surface area contributed by atoms with Crippen molar-refractivity contribution in [2.75, 3.05) is 0 Å². The number of aromatic nitrogens is 2. The summed E-state index contributed by atoms with van der Waals surface area (Å²) in [6, 6.07) is 0.181. The zero-order valence-corrected chi connectivity index (χ0v) is 10.7. The number of thiazole rings is 1. The fourth-order valence-electron chi connectivity index (χ4n) is 1.77. The number of imidazole rings is 1. The molecule has 0 bridgehead atoms. The van der Waals surface area contributed by atoms with Gasteiger partial charge in [0.05, 0.1) is 12.1 Å². The molecule has 0 saturated heterocycles. The van der Waals surface area contributed by atoms with Crippen LogP contribution in [0.2, 0.25) is 0 Å². The van der Waals surface area contributed by atoms with E-state index in [1.165, 1.54) is 0 Å². The summed E-state index contributed by atoms with van der Waals surface area (Å²) in [4.78, 5) is 17.0. The monoisotopic (exact) mass is 251 g/mol. The molecule has 17 heavy (non-hydrogen) atoms. The van der Waals surface area contributed by atoms with Crippen molar-refractivity contribution >= 4 is 22.1 Å². The fraction of sp³-hybridized carbons (Fsp3) is 0.500. The summed E-state index contributed by atoms with van der Waals surface area (Å²) in [5, 5.41) is 1.98. The van der Waals surface area contributed by atoms with Crippen LogP contribution in [-0.2, 0) is 11.2 Å². The predicted octanol–water partition coefficient (Wildman–Crippen LogP) is 2.02. The number of Topliss-reactive ketones (excluding diaryl/α,β-unsaturated/α-hetero) is 1. The summed E-state index contributed by atoms with van der Waals surface area (Å²) in [6.07, 6.45) is 6.70. The van der Waals surface area contributed by atoms with Crippen LogP contribution >= 0.6 is 11.3 Å².